The molecule has 24 heavy (non-hydrogen) atoms. The maximum absolute atomic E-state index is 6.27. The molecule has 132 valence electrons. The Labute approximate surface area is 146 Å². The summed E-state index contributed by atoms with van der Waals surface area (Å²) < 4.78 is 18.1. The van der Waals surface area contributed by atoms with Crippen molar-refractivity contribution in [2.24, 2.45) is 0 Å². The van der Waals surface area contributed by atoms with Gasteiger partial charge in [-0.25, -0.2) is 0 Å². The second-order valence-corrected chi connectivity index (χ2v) is 8.34. The molecule has 4 nitrogen and oxygen atoms in total. The van der Waals surface area contributed by atoms with Crippen LogP contribution < -0.4 is 5.46 Å². The summed E-state index contributed by atoms with van der Waals surface area (Å²) in [4.78, 5) is 2.19. The van der Waals surface area contributed by atoms with E-state index in [9.17, 15) is 0 Å². The molecule has 2 aliphatic rings. The molecule has 2 fully saturated rings. The van der Waals surface area contributed by atoms with Gasteiger partial charge >= 0.3 is 7.12 Å². The molecule has 3 rings (SSSR count). The fraction of sp³-hybridized carbons (Fsp3) is 0.684. The molecule has 0 amide bonds. The van der Waals surface area contributed by atoms with Crippen LogP contribution in [-0.2, 0) is 20.6 Å². The third kappa shape index (κ3) is 3.41. The minimum atomic E-state index is -0.314. The van der Waals surface area contributed by atoms with Gasteiger partial charge in [0.1, 0.15) is 0 Å². The molecule has 1 aromatic carbocycles. The highest BCUT2D eigenvalue weighted by Gasteiger charge is 2.52. The summed E-state index contributed by atoms with van der Waals surface area (Å²) in [5.74, 6) is 0.512. The van der Waals surface area contributed by atoms with E-state index in [-0.39, 0.29) is 18.3 Å². The fourth-order valence-electron chi connectivity index (χ4n) is 3.35. The molecule has 0 bridgehead atoms. The maximum Gasteiger partial charge on any atom is 0.495 e. The van der Waals surface area contributed by atoms with Crippen molar-refractivity contribution in [3.05, 3.63) is 29.3 Å². The molecule has 2 aliphatic heterocycles. The lowest BCUT2D eigenvalue weighted by molar-refractivity contribution is 0.00578. The van der Waals surface area contributed by atoms with Crippen LogP contribution in [0.5, 0.6) is 0 Å². The van der Waals surface area contributed by atoms with E-state index >= 15 is 0 Å². The molecule has 0 saturated carbocycles. The van der Waals surface area contributed by atoms with Crippen molar-refractivity contribution in [1.29, 1.82) is 0 Å². The normalized spacial score (nSPS) is 25.6. The summed E-state index contributed by atoms with van der Waals surface area (Å²) >= 11 is 0. The van der Waals surface area contributed by atoms with Crippen molar-refractivity contribution in [2.75, 3.05) is 27.3 Å². The Balaban J connectivity index is 1.92. The molecule has 2 heterocycles. The second kappa shape index (κ2) is 6.45. The summed E-state index contributed by atoms with van der Waals surface area (Å²) in [5, 5.41) is 0. The average molecular weight is 331 g/mol. The van der Waals surface area contributed by atoms with Gasteiger partial charge in [0.25, 0.3) is 0 Å². The van der Waals surface area contributed by atoms with Gasteiger partial charge in [0.2, 0.25) is 0 Å². The summed E-state index contributed by atoms with van der Waals surface area (Å²) in [6, 6.07) is 6.73. The zero-order chi connectivity index (χ0) is 17.5. The van der Waals surface area contributed by atoms with Gasteiger partial charge in [0.05, 0.1) is 17.8 Å². The first-order valence-electron chi connectivity index (χ1n) is 8.90. The Morgan fingerprint density at radius 1 is 1.12 bits per heavy atom. The zero-order valence-corrected chi connectivity index (χ0v) is 15.9. The van der Waals surface area contributed by atoms with Gasteiger partial charge in [-0.1, -0.05) is 18.2 Å². The summed E-state index contributed by atoms with van der Waals surface area (Å²) in [6.07, 6.45) is 1.11. The number of ether oxygens (including phenoxy) is 1. The van der Waals surface area contributed by atoms with Crippen molar-refractivity contribution in [3.63, 3.8) is 0 Å². The molecule has 1 aromatic rings. The van der Waals surface area contributed by atoms with Crippen molar-refractivity contribution < 1.29 is 14.0 Å². The van der Waals surface area contributed by atoms with Crippen LogP contribution in [0.15, 0.2) is 18.2 Å². The van der Waals surface area contributed by atoms with Crippen molar-refractivity contribution >= 4 is 12.6 Å². The highest BCUT2D eigenvalue weighted by molar-refractivity contribution is 6.62. The first-order valence-corrected chi connectivity index (χ1v) is 8.90. The smallest absolute Gasteiger partial charge is 0.399 e. The molecular formula is C19H30BNO3. The predicted molar refractivity (Wildman–Crippen MR) is 97.7 cm³/mol. The average Bonchev–Trinajstić information content (AvgIpc) is 3.05. The van der Waals surface area contributed by atoms with Crippen LogP contribution in [0, 0.1) is 0 Å². The van der Waals surface area contributed by atoms with Gasteiger partial charge in [-0.2, -0.15) is 0 Å². The van der Waals surface area contributed by atoms with Gasteiger partial charge in [-0.05, 0) is 64.8 Å². The van der Waals surface area contributed by atoms with Crippen LogP contribution in [0.4, 0.5) is 0 Å². The molecule has 0 aliphatic carbocycles. The minimum absolute atomic E-state index is 0.307. The van der Waals surface area contributed by atoms with E-state index in [0.717, 1.165) is 31.6 Å². The van der Waals surface area contributed by atoms with Crippen LogP contribution in [0.1, 0.15) is 51.2 Å². The number of hydrogen-bond donors (Lipinski definition) is 0. The van der Waals surface area contributed by atoms with Gasteiger partial charge in [-0.15, -0.1) is 0 Å². The molecule has 0 radical (unpaired) electrons. The summed E-state index contributed by atoms with van der Waals surface area (Å²) in [6.45, 7) is 11.0. The van der Waals surface area contributed by atoms with Gasteiger partial charge in [-0.3, -0.25) is 0 Å². The monoisotopic (exact) mass is 331 g/mol. The Morgan fingerprint density at radius 2 is 1.79 bits per heavy atom. The fourth-order valence-corrected chi connectivity index (χ4v) is 3.35. The molecule has 0 aromatic heterocycles. The maximum atomic E-state index is 6.27. The Kier molecular flexibility index (Phi) is 4.82. The quantitative estimate of drug-likeness (QED) is 0.794. The van der Waals surface area contributed by atoms with E-state index < -0.39 is 0 Å². The molecule has 2 saturated heterocycles. The third-order valence-corrected chi connectivity index (χ3v) is 5.56. The van der Waals surface area contributed by atoms with E-state index in [2.05, 4.69) is 64.9 Å². The highest BCUT2D eigenvalue weighted by Crippen LogP contribution is 2.37. The Bertz CT molecular complexity index is 578. The summed E-state index contributed by atoms with van der Waals surface area (Å²) in [5.41, 5.74) is 3.16. The van der Waals surface area contributed by atoms with Crippen LogP contribution in [0.2, 0.25) is 0 Å². The van der Waals surface area contributed by atoms with Gasteiger partial charge in [0.15, 0.2) is 0 Å². The van der Waals surface area contributed by atoms with E-state index in [0.29, 0.717) is 5.92 Å². The Hall–Kier alpha value is -0.875. The lowest BCUT2D eigenvalue weighted by Gasteiger charge is -2.32. The minimum Gasteiger partial charge on any atom is -0.399 e. The van der Waals surface area contributed by atoms with Crippen LogP contribution in [-0.4, -0.2) is 50.5 Å². The molecule has 0 N–H and O–H groups in total. The molecule has 0 spiro atoms. The van der Waals surface area contributed by atoms with Crippen molar-refractivity contribution in [1.82, 2.24) is 4.90 Å². The highest BCUT2D eigenvalue weighted by atomic mass is 16.7. The molecule has 1 atom stereocenters. The van der Waals surface area contributed by atoms with Gasteiger partial charge in [0, 0.05) is 19.1 Å². The second-order valence-electron chi connectivity index (χ2n) is 8.34. The first-order chi connectivity index (χ1) is 11.2. The van der Waals surface area contributed by atoms with E-state index in [4.69, 9.17) is 14.0 Å². The summed E-state index contributed by atoms with van der Waals surface area (Å²) in [7, 11) is 3.89. The topological polar surface area (TPSA) is 30.9 Å². The van der Waals surface area contributed by atoms with E-state index in [1.54, 1.807) is 0 Å². The van der Waals surface area contributed by atoms with E-state index in [1.165, 1.54) is 11.1 Å². The zero-order valence-electron chi connectivity index (χ0n) is 15.9. The number of nitrogens with zero attached hydrogens (tertiary/aromatic N) is 1. The predicted octanol–water partition coefficient (Wildman–Crippen LogP) is 2.55. The SMILES string of the molecule is CN(C)Cc1cc(C2CCOC2)ccc1B1OC(C)(C)C(C)(C)O1. The number of benzene rings is 1. The van der Waals surface area contributed by atoms with Crippen LogP contribution >= 0.6 is 0 Å². The van der Waals surface area contributed by atoms with Crippen molar-refractivity contribution in [3.8, 4) is 0 Å². The van der Waals surface area contributed by atoms with Crippen LogP contribution in [0.3, 0.4) is 0 Å². The molecular weight excluding hydrogens is 301 g/mol. The third-order valence-electron chi connectivity index (χ3n) is 5.56. The number of rotatable bonds is 4. The molecule has 1 unspecified atom stereocenters. The van der Waals surface area contributed by atoms with Crippen molar-refractivity contribution in [2.45, 2.75) is 57.8 Å². The van der Waals surface area contributed by atoms with E-state index in [1.807, 2.05) is 0 Å². The number of hydrogen-bond acceptors (Lipinski definition) is 4. The lowest BCUT2D eigenvalue weighted by atomic mass is 9.74. The standard InChI is InChI=1S/C19H30BNO3/c1-18(2)19(3,4)24-20(23-18)17-8-7-14(15-9-10-22-13-15)11-16(17)12-21(5)6/h7-8,11,15H,9-10,12-13H2,1-6H3. The first kappa shape index (κ1) is 17.9. The van der Waals surface area contributed by atoms with Crippen LogP contribution in [0.25, 0.3) is 0 Å². The largest absolute Gasteiger partial charge is 0.495 e. The Morgan fingerprint density at radius 3 is 2.33 bits per heavy atom. The lowest BCUT2D eigenvalue weighted by Crippen LogP contribution is -2.41. The molecule has 5 heteroatoms. The van der Waals surface area contributed by atoms with Gasteiger partial charge < -0.3 is 18.9 Å².